The molecule has 1 atom stereocenters. The van der Waals surface area contributed by atoms with Gasteiger partial charge in [-0.15, -0.1) is 0 Å². The average molecular weight is 164 g/mol. The van der Waals surface area contributed by atoms with Crippen LogP contribution in [-0.4, -0.2) is 15.6 Å². The number of fused-ring (bicyclic) bond motifs is 1. The van der Waals surface area contributed by atoms with Crippen molar-refractivity contribution in [2.24, 2.45) is 13.0 Å². The summed E-state index contributed by atoms with van der Waals surface area (Å²) in [6.07, 6.45) is 3.91. The Morgan fingerprint density at radius 1 is 1.67 bits per heavy atom. The summed E-state index contributed by atoms with van der Waals surface area (Å²) in [5.74, 6) is 0.365. The lowest BCUT2D eigenvalue weighted by Crippen LogP contribution is -2.19. The van der Waals surface area contributed by atoms with Crippen LogP contribution in [0.25, 0.3) is 0 Å². The summed E-state index contributed by atoms with van der Waals surface area (Å²) in [4.78, 5) is 11.6. The molecule has 64 valence electrons. The van der Waals surface area contributed by atoms with Crippen LogP contribution in [0.4, 0.5) is 0 Å². The molecule has 1 aromatic rings. The number of carbonyl (C=O) groups excluding carboxylic acids is 1. The highest BCUT2D eigenvalue weighted by Crippen LogP contribution is 2.23. The van der Waals surface area contributed by atoms with Crippen LogP contribution in [0.3, 0.4) is 0 Å². The van der Waals surface area contributed by atoms with E-state index in [-0.39, 0.29) is 11.7 Å². The minimum absolute atomic E-state index is 0.160. The molecule has 0 aliphatic heterocycles. The summed E-state index contributed by atoms with van der Waals surface area (Å²) in [6.45, 7) is 1.97. The molecule has 1 heterocycles. The Balaban J connectivity index is 2.48. The van der Waals surface area contributed by atoms with Gasteiger partial charge < -0.3 is 0 Å². The molecule has 1 aliphatic carbocycles. The second-order valence-electron chi connectivity index (χ2n) is 3.48. The summed E-state index contributed by atoms with van der Waals surface area (Å²) < 4.78 is 1.72. The standard InChI is InChI=1S/C9H12N2O/c1-6-3-4-7-5-11(2)10-8(7)9(6)12/h5-6H,3-4H2,1-2H3. The highest BCUT2D eigenvalue weighted by atomic mass is 16.1. The molecule has 0 amide bonds. The van der Waals surface area contributed by atoms with Gasteiger partial charge in [-0.05, 0) is 12.8 Å². The Kier molecular flexibility index (Phi) is 1.53. The van der Waals surface area contributed by atoms with Gasteiger partial charge in [-0.2, -0.15) is 5.10 Å². The molecule has 0 aromatic carbocycles. The number of carbonyl (C=O) groups is 1. The molecule has 1 aliphatic rings. The maximum Gasteiger partial charge on any atom is 0.186 e. The van der Waals surface area contributed by atoms with E-state index in [4.69, 9.17) is 0 Å². The fourth-order valence-electron chi connectivity index (χ4n) is 1.66. The van der Waals surface area contributed by atoms with Crippen LogP contribution < -0.4 is 0 Å². The summed E-state index contributed by atoms with van der Waals surface area (Å²) in [6, 6.07) is 0. The first-order valence-corrected chi connectivity index (χ1v) is 4.25. The zero-order valence-electron chi connectivity index (χ0n) is 7.37. The predicted molar refractivity (Wildman–Crippen MR) is 45.0 cm³/mol. The highest BCUT2D eigenvalue weighted by molar-refractivity contribution is 5.98. The van der Waals surface area contributed by atoms with Gasteiger partial charge in [0.1, 0.15) is 5.69 Å². The molecule has 0 N–H and O–H groups in total. The van der Waals surface area contributed by atoms with E-state index in [0.29, 0.717) is 5.69 Å². The largest absolute Gasteiger partial charge is 0.292 e. The monoisotopic (exact) mass is 164 g/mol. The topological polar surface area (TPSA) is 34.9 Å². The van der Waals surface area contributed by atoms with Gasteiger partial charge in [0.15, 0.2) is 5.78 Å². The van der Waals surface area contributed by atoms with E-state index in [2.05, 4.69) is 5.10 Å². The number of hydrogen-bond donors (Lipinski definition) is 0. The van der Waals surface area contributed by atoms with Gasteiger partial charge in [0, 0.05) is 24.7 Å². The average Bonchev–Trinajstić information content (AvgIpc) is 2.39. The molecule has 0 bridgehead atoms. The number of aryl methyl sites for hydroxylation is 2. The van der Waals surface area contributed by atoms with Gasteiger partial charge in [0.05, 0.1) is 0 Å². The van der Waals surface area contributed by atoms with E-state index >= 15 is 0 Å². The van der Waals surface area contributed by atoms with Crippen molar-refractivity contribution in [1.82, 2.24) is 9.78 Å². The van der Waals surface area contributed by atoms with Crippen LogP contribution in [0.1, 0.15) is 29.4 Å². The van der Waals surface area contributed by atoms with Crippen LogP contribution in [0.2, 0.25) is 0 Å². The molecule has 12 heavy (non-hydrogen) atoms. The molecule has 3 nitrogen and oxygen atoms in total. The summed E-state index contributed by atoms with van der Waals surface area (Å²) in [5, 5.41) is 4.15. The third kappa shape index (κ3) is 0.967. The van der Waals surface area contributed by atoms with E-state index in [1.54, 1.807) is 4.68 Å². The first kappa shape index (κ1) is 7.53. The molecular formula is C9H12N2O. The van der Waals surface area contributed by atoms with E-state index < -0.39 is 0 Å². The minimum Gasteiger partial charge on any atom is -0.292 e. The number of aromatic nitrogens is 2. The molecule has 0 radical (unpaired) electrons. The van der Waals surface area contributed by atoms with Gasteiger partial charge in [-0.25, -0.2) is 0 Å². The molecule has 0 saturated carbocycles. The number of hydrogen-bond acceptors (Lipinski definition) is 2. The zero-order chi connectivity index (χ0) is 8.72. The van der Waals surface area contributed by atoms with Crippen LogP contribution in [0.5, 0.6) is 0 Å². The Morgan fingerprint density at radius 3 is 3.17 bits per heavy atom. The fraction of sp³-hybridized carbons (Fsp3) is 0.556. The van der Waals surface area contributed by atoms with Crippen molar-refractivity contribution in [2.45, 2.75) is 19.8 Å². The predicted octanol–water partition coefficient (Wildman–Crippen LogP) is 1.19. The van der Waals surface area contributed by atoms with Gasteiger partial charge in [0.2, 0.25) is 0 Å². The summed E-state index contributed by atoms with van der Waals surface area (Å²) in [7, 11) is 1.86. The quantitative estimate of drug-likeness (QED) is 0.577. The number of nitrogens with zero attached hydrogens (tertiary/aromatic N) is 2. The van der Waals surface area contributed by atoms with Crippen LogP contribution in [0, 0.1) is 5.92 Å². The summed E-state index contributed by atoms with van der Waals surface area (Å²) in [5.41, 5.74) is 1.80. The van der Waals surface area contributed by atoms with Gasteiger partial charge >= 0.3 is 0 Å². The van der Waals surface area contributed by atoms with Crippen LogP contribution in [0.15, 0.2) is 6.20 Å². The van der Waals surface area contributed by atoms with Gasteiger partial charge in [0.25, 0.3) is 0 Å². The Morgan fingerprint density at radius 2 is 2.42 bits per heavy atom. The van der Waals surface area contributed by atoms with E-state index in [0.717, 1.165) is 18.4 Å². The molecule has 0 spiro atoms. The van der Waals surface area contributed by atoms with Crippen LogP contribution in [-0.2, 0) is 13.5 Å². The minimum atomic E-state index is 0.160. The highest BCUT2D eigenvalue weighted by Gasteiger charge is 2.26. The normalized spacial score (nSPS) is 22.5. The van der Waals surface area contributed by atoms with Crippen LogP contribution >= 0.6 is 0 Å². The van der Waals surface area contributed by atoms with Gasteiger partial charge in [-0.1, -0.05) is 6.92 Å². The number of ketones is 1. The lowest BCUT2D eigenvalue weighted by molar-refractivity contribution is 0.0908. The van der Waals surface area contributed by atoms with Crippen molar-refractivity contribution < 1.29 is 4.79 Å². The lowest BCUT2D eigenvalue weighted by atomic mass is 9.88. The first-order valence-electron chi connectivity index (χ1n) is 4.25. The fourth-order valence-corrected chi connectivity index (χ4v) is 1.66. The lowest BCUT2D eigenvalue weighted by Gasteiger charge is -2.14. The molecule has 2 rings (SSSR count). The van der Waals surface area contributed by atoms with Gasteiger partial charge in [-0.3, -0.25) is 9.48 Å². The van der Waals surface area contributed by atoms with E-state index in [1.165, 1.54) is 0 Å². The first-order chi connectivity index (χ1) is 5.68. The summed E-state index contributed by atoms with van der Waals surface area (Å²) >= 11 is 0. The Labute approximate surface area is 71.4 Å². The Bertz CT molecular complexity index is 327. The van der Waals surface area contributed by atoms with Crippen molar-refractivity contribution >= 4 is 5.78 Å². The third-order valence-corrected chi connectivity index (χ3v) is 2.43. The van der Waals surface area contributed by atoms with Crippen molar-refractivity contribution in [3.05, 3.63) is 17.5 Å². The maximum absolute atomic E-state index is 11.6. The Hall–Kier alpha value is -1.12. The SMILES string of the molecule is CC1CCc2cn(C)nc2C1=O. The zero-order valence-corrected chi connectivity index (χ0v) is 7.37. The molecule has 3 heteroatoms. The second-order valence-corrected chi connectivity index (χ2v) is 3.48. The molecule has 1 unspecified atom stereocenters. The molecule has 1 aromatic heterocycles. The molecule has 0 saturated heterocycles. The third-order valence-electron chi connectivity index (χ3n) is 2.43. The van der Waals surface area contributed by atoms with Crippen molar-refractivity contribution in [1.29, 1.82) is 0 Å². The number of Topliss-reactive ketones (excluding diaryl/α,β-unsaturated/α-hetero) is 1. The van der Waals surface area contributed by atoms with Crippen molar-refractivity contribution in [2.75, 3.05) is 0 Å². The second kappa shape index (κ2) is 2.44. The number of rotatable bonds is 0. The molecular weight excluding hydrogens is 152 g/mol. The van der Waals surface area contributed by atoms with Crippen molar-refractivity contribution in [3.63, 3.8) is 0 Å². The van der Waals surface area contributed by atoms with Crippen molar-refractivity contribution in [3.8, 4) is 0 Å². The smallest absolute Gasteiger partial charge is 0.186 e. The maximum atomic E-state index is 11.6. The van der Waals surface area contributed by atoms with E-state index in [9.17, 15) is 4.79 Å². The van der Waals surface area contributed by atoms with E-state index in [1.807, 2.05) is 20.2 Å². The molecule has 0 fully saturated rings.